The topological polar surface area (TPSA) is 47.4 Å². The molecule has 5 heteroatoms. The summed E-state index contributed by atoms with van der Waals surface area (Å²) in [4.78, 5) is 14.1. The highest BCUT2D eigenvalue weighted by molar-refractivity contribution is 5.93. The Balaban J connectivity index is 1.80. The van der Waals surface area contributed by atoms with Crippen LogP contribution in [0.2, 0.25) is 0 Å². The van der Waals surface area contributed by atoms with Gasteiger partial charge >= 0.3 is 0 Å². The van der Waals surface area contributed by atoms with Gasteiger partial charge in [-0.2, -0.15) is 5.10 Å². The number of carbonyl (C=O) groups is 1. The molecule has 2 rings (SSSR count). The number of nitrogens with zero attached hydrogens (tertiary/aromatic N) is 3. The second-order valence-electron chi connectivity index (χ2n) is 5.62. The third-order valence-electron chi connectivity index (χ3n) is 3.43. The van der Waals surface area contributed by atoms with E-state index in [4.69, 9.17) is 4.74 Å². The Morgan fingerprint density at radius 1 is 1.58 bits per heavy atom. The first-order valence-electron chi connectivity index (χ1n) is 6.95. The van der Waals surface area contributed by atoms with E-state index >= 15 is 0 Å². The summed E-state index contributed by atoms with van der Waals surface area (Å²) in [5, 5.41) is 4.04. The second-order valence-corrected chi connectivity index (χ2v) is 5.62. The van der Waals surface area contributed by atoms with Crippen LogP contribution in [-0.4, -0.2) is 46.4 Å². The van der Waals surface area contributed by atoms with E-state index in [-0.39, 0.29) is 12.0 Å². The average Bonchev–Trinajstić information content (AvgIpc) is 2.97. The molecule has 0 spiro atoms. The van der Waals surface area contributed by atoms with Crippen LogP contribution < -0.4 is 0 Å². The number of rotatable bonds is 5. The summed E-state index contributed by atoms with van der Waals surface area (Å²) in [5.74, 6) is 0.720. The summed E-state index contributed by atoms with van der Waals surface area (Å²) in [5.41, 5.74) is 0.658. The van der Waals surface area contributed by atoms with Gasteiger partial charge in [0.2, 0.25) is 0 Å². The summed E-state index contributed by atoms with van der Waals surface area (Å²) in [7, 11) is 1.82. The number of ether oxygens (including phenoxy) is 1. The first-order valence-corrected chi connectivity index (χ1v) is 6.95. The number of carbonyl (C=O) groups excluding carboxylic acids is 1. The van der Waals surface area contributed by atoms with Crippen molar-refractivity contribution in [2.24, 2.45) is 13.0 Å². The Hall–Kier alpha value is -1.36. The molecule has 0 saturated carbocycles. The summed E-state index contributed by atoms with van der Waals surface area (Å²) in [6.07, 6.45) is 5.58. The van der Waals surface area contributed by atoms with Crippen molar-refractivity contribution >= 4 is 5.91 Å². The first-order chi connectivity index (χ1) is 9.06. The lowest BCUT2D eigenvalue weighted by Crippen LogP contribution is -2.30. The average molecular weight is 265 g/mol. The fraction of sp³-hybridized carbons (Fsp3) is 0.714. The van der Waals surface area contributed by atoms with Crippen LogP contribution in [0.5, 0.6) is 0 Å². The van der Waals surface area contributed by atoms with Crippen LogP contribution in [0.15, 0.2) is 12.4 Å². The molecule has 1 atom stereocenters. The first kappa shape index (κ1) is 14.1. The van der Waals surface area contributed by atoms with Gasteiger partial charge in [-0.15, -0.1) is 0 Å². The molecule has 1 aliphatic rings. The minimum Gasteiger partial charge on any atom is -0.376 e. The van der Waals surface area contributed by atoms with Gasteiger partial charge in [0.25, 0.3) is 5.91 Å². The van der Waals surface area contributed by atoms with Crippen molar-refractivity contribution in [2.45, 2.75) is 32.8 Å². The molecule has 0 N–H and O–H groups in total. The maximum Gasteiger partial charge on any atom is 0.257 e. The molecule has 1 saturated heterocycles. The third kappa shape index (κ3) is 3.80. The van der Waals surface area contributed by atoms with Crippen molar-refractivity contribution in [3.63, 3.8) is 0 Å². The molecule has 1 amide bonds. The van der Waals surface area contributed by atoms with Crippen LogP contribution in [-0.2, 0) is 11.8 Å². The zero-order valence-electron chi connectivity index (χ0n) is 12.0. The van der Waals surface area contributed by atoms with E-state index in [1.807, 2.05) is 11.9 Å². The Kier molecular flexibility index (Phi) is 4.58. The molecule has 106 valence electrons. The monoisotopic (exact) mass is 265 g/mol. The summed E-state index contributed by atoms with van der Waals surface area (Å²) < 4.78 is 7.47. The Labute approximate surface area is 114 Å². The molecule has 0 aliphatic carbocycles. The van der Waals surface area contributed by atoms with E-state index in [1.165, 1.54) is 0 Å². The molecule has 1 aromatic rings. The molecular formula is C14H23N3O2. The van der Waals surface area contributed by atoms with Gasteiger partial charge in [0.15, 0.2) is 0 Å². The van der Waals surface area contributed by atoms with Gasteiger partial charge in [-0.3, -0.25) is 9.48 Å². The number of aryl methyl sites for hydroxylation is 1. The van der Waals surface area contributed by atoms with Crippen LogP contribution >= 0.6 is 0 Å². The van der Waals surface area contributed by atoms with E-state index in [2.05, 4.69) is 18.9 Å². The van der Waals surface area contributed by atoms with Crippen LogP contribution in [0.1, 0.15) is 37.0 Å². The van der Waals surface area contributed by atoms with Gasteiger partial charge in [0, 0.05) is 32.9 Å². The molecule has 1 aliphatic heterocycles. The standard InChI is InChI=1S/C14H23N3O2/c1-11(2)5-7-19-13-4-6-17(10-13)14(18)12-8-15-16(3)9-12/h8-9,11,13H,4-7,10H2,1-3H3/t13-/m0/s1. The predicted octanol–water partition coefficient (Wildman–Crippen LogP) is 1.70. The SMILES string of the molecule is CC(C)CCO[C@H]1CCN(C(=O)c2cnn(C)c2)C1. The number of likely N-dealkylation sites (tertiary alicyclic amines) is 1. The van der Waals surface area contributed by atoms with Crippen molar-refractivity contribution in [1.29, 1.82) is 0 Å². The van der Waals surface area contributed by atoms with Gasteiger partial charge in [0.05, 0.1) is 17.9 Å². The Morgan fingerprint density at radius 3 is 3.00 bits per heavy atom. The zero-order valence-corrected chi connectivity index (χ0v) is 12.0. The maximum atomic E-state index is 12.2. The van der Waals surface area contributed by atoms with Crippen LogP contribution in [0.25, 0.3) is 0 Å². The lowest BCUT2D eigenvalue weighted by atomic mass is 10.1. The molecule has 0 bridgehead atoms. The molecule has 2 heterocycles. The summed E-state index contributed by atoms with van der Waals surface area (Å²) in [6, 6.07) is 0. The normalized spacial score (nSPS) is 19.4. The molecule has 5 nitrogen and oxygen atoms in total. The van der Waals surface area contributed by atoms with Crippen LogP contribution in [0.3, 0.4) is 0 Å². The maximum absolute atomic E-state index is 12.2. The highest BCUT2D eigenvalue weighted by atomic mass is 16.5. The van der Waals surface area contributed by atoms with E-state index in [9.17, 15) is 4.79 Å². The van der Waals surface area contributed by atoms with E-state index in [0.29, 0.717) is 18.0 Å². The van der Waals surface area contributed by atoms with Gasteiger partial charge in [-0.25, -0.2) is 0 Å². The number of hydrogen-bond acceptors (Lipinski definition) is 3. The van der Waals surface area contributed by atoms with Crippen molar-refractivity contribution in [3.05, 3.63) is 18.0 Å². The van der Waals surface area contributed by atoms with Crippen molar-refractivity contribution in [1.82, 2.24) is 14.7 Å². The highest BCUT2D eigenvalue weighted by Gasteiger charge is 2.27. The third-order valence-corrected chi connectivity index (χ3v) is 3.43. The van der Waals surface area contributed by atoms with Gasteiger partial charge in [-0.05, 0) is 18.8 Å². The smallest absolute Gasteiger partial charge is 0.257 e. The largest absolute Gasteiger partial charge is 0.376 e. The molecule has 0 unspecified atom stereocenters. The Morgan fingerprint density at radius 2 is 2.37 bits per heavy atom. The minimum atomic E-state index is 0.0584. The lowest BCUT2D eigenvalue weighted by Gasteiger charge is -2.16. The molecule has 19 heavy (non-hydrogen) atoms. The summed E-state index contributed by atoms with van der Waals surface area (Å²) >= 11 is 0. The van der Waals surface area contributed by atoms with Crippen LogP contribution in [0, 0.1) is 5.92 Å². The van der Waals surface area contributed by atoms with Crippen molar-refractivity contribution in [3.8, 4) is 0 Å². The fourth-order valence-corrected chi connectivity index (χ4v) is 2.23. The molecular weight excluding hydrogens is 242 g/mol. The van der Waals surface area contributed by atoms with E-state index in [0.717, 1.165) is 26.0 Å². The van der Waals surface area contributed by atoms with Gasteiger partial charge in [-0.1, -0.05) is 13.8 Å². The molecule has 0 radical (unpaired) electrons. The fourth-order valence-electron chi connectivity index (χ4n) is 2.23. The van der Waals surface area contributed by atoms with Crippen LogP contribution in [0.4, 0.5) is 0 Å². The minimum absolute atomic E-state index is 0.0584. The van der Waals surface area contributed by atoms with E-state index < -0.39 is 0 Å². The van der Waals surface area contributed by atoms with Crippen molar-refractivity contribution in [2.75, 3.05) is 19.7 Å². The van der Waals surface area contributed by atoms with Gasteiger partial charge in [0.1, 0.15) is 0 Å². The lowest BCUT2D eigenvalue weighted by molar-refractivity contribution is 0.0484. The number of aromatic nitrogens is 2. The summed E-state index contributed by atoms with van der Waals surface area (Å²) in [6.45, 7) is 6.65. The highest BCUT2D eigenvalue weighted by Crippen LogP contribution is 2.16. The molecule has 0 aromatic carbocycles. The number of amides is 1. The quantitative estimate of drug-likeness (QED) is 0.814. The number of hydrogen-bond donors (Lipinski definition) is 0. The second kappa shape index (κ2) is 6.19. The van der Waals surface area contributed by atoms with E-state index in [1.54, 1.807) is 17.1 Å². The predicted molar refractivity (Wildman–Crippen MR) is 72.9 cm³/mol. The zero-order chi connectivity index (χ0) is 13.8. The molecule has 1 fully saturated rings. The van der Waals surface area contributed by atoms with Crippen molar-refractivity contribution < 1.29 is 9.53 Å². The van der Waals surface area contributed by atoms with Gasteiger partial charge < -0.3 is 9.64 Å². The molecule has 1 aromatic heterocycles. The Bertz CT molecular complexity index is 428.